The predicted octanol–water partition coefficient (Wildman–Crippen LogP) is 3.61. The molecule has 19 heavy (non-hydrogen) atoms. The van der Waals surface area contributed by atoms with Crippen LogP contribution in [0.5, 0.6) is 5.75 Å². The topological polar surface area (TPSA) is 18.5 Å². The van der Waals surface area contributed by atoms with Gasteiger partial charge in [0.1, 0.15) is 18.2 Å². The first kappa shape index (κ1) is 15.8. The van der Waals surface area contributed by atoms with Crippen molar-refractivity contribution in [2.24, 2.45) is 0 Å². The summed E-state index contributed by atoms with van der Waals surface area (Å²) in [5.74, 6) is 6.09. The largest absolute Gasteiger partial charge is 0.491 e. The molecular formula is C15H18ClFO2. The molecule has 0 amide bonds. The quantitative estimate of drug-likeness (QED) is 0.433. The van der Waals surface area contributed by atoms with E-state index in [-0.39, 0.29) is 5.82 Å². The Morgan fingerprint density at radius 3 is 2.79 bits per heavy atom. The van der Waals surface area contributed by atoms with E-state index in [4.69, 9.17) is 21.1 Å². The standard InChI is InChI=1S/C15H18ClFO2/c1-2-9-18-10-11-19-14-7-6-13(15(17)12-14)5-3-4-8-16/h6-7,12H,2,4,8-11H2,1H3. The lowest BCUT2D eigenvalue weighted by Gasteiger charge is -2.07. The first-order chi connectivity index (χ1) is 9.27. The normalized spacial score (nSPS) is 9.84. The van der Waals surface area contributed by atoms with Crippen LogP contribution in [0, 0.1) is 17.7 Å². The molecule has 0 aliphatic heterocycles. The van der Waals surface area contributed by atoms with E-state index >= 15 is 0 Å². The van der Waals surface area contributed by atoms with Crippen LogP contribution in [0.2, 0.25) is 0 Å². The molecule has 0 aliphatic rings. The molecule has 0 atom stereocenters. The van der Waals surface area contributed by atoms with E-state index < -0.39 is 0 Å². The molecule has 0 N–H and O–H groups in total. The number of benzene rings is 1. The summed E-state index contributed by atoms with van der Waals surface area (Å²) in [6, 6.07) is 4.65. The van der Waals surface area contributed by atoms with Gasteiger partial charge in [0, 0.05) is 25.0 Å². The Bertz CT molecular complexity index is 438. The van der Waals surface area contributed by atoms with Crippen LogP contribution in [-0.2, 0) is 4.74 Å². The first-order valence-electron chi connectivity index (χ1n) is 6.33. The van der Waals surface area contributed by atoms with E-state index in [2.05, 4.69) is 11.8 Å². The molecule has 0 fully saturated rings. The average Bonchev–Trinajstić information content (AvgIpc) is 2.41. The van der Waals surface area contributed by atoms with Crippen molar-refractivity contribution in [2.75, 3.05) is 25.7 Å². The van der Waals surface area contributed by atoms with Gasteiger partial charge < -0.3 is 9.47 Å². The van der Waals surface area contributed by atoms with Crippen LogP contribution in [0.3, 0.4) is 0 Å². The van der Waals surface area contributed by atoms with Gasteiger partial charge in [-0.1, -0.05) is 18.8 Å². The molecule has 0 radical (unpaired) electrons. The zero-order chi connectivity index (χ0) is 13.9. The first-order valence-corrected chi connectivity index (χ1v) is 6.86. The second-order valence-corrected chi connectivity index (χ2v) is 4.22. The smallest absolute Gasteiger partial charge is 0.142 e. The fraction of sp³-hybridized carbons (Fsp3) is 0.467. The summed E-state index contributed by atoms with van der Waals surface area (Å²) < 4.78 is 24.3. The van der Waals surface area contributed by atoms with Crippen LogP contribution in [-0.4, -0.2) is 25.7 Å². The Kier molecular flexibility index (Phi) is 8.04. The van der Waals surface area contributed by atoms with Crippen LogP contribution in [0.1, 0.15) is 25.3 Å². The molecule has 1 aromatic carbocycles. The summed E-state index contributed by atoms with van der Waals surface area (Å²) in [6.45, 7) is 3.68. The van der Waals surface area contributed by atoms with Crippen molar-refractivity contribution in [1.29, 1.82) is 0 Å². The summed E-state index contributed by atoms with van der Waals surface area (Å²) in [6.07, 6.45) is 1.53. The van der Waals surface area contributed by atoms with E-state index in [1.807, 2.05) is 6.92 Å². The molecule has 104 valence electrons. The molecule has 0 aromatic heterocycles. The summed E-state index contributed by atoms with van der Waals surface area (Å²) in [7, 11) is 0. The molecule has 0 unspecified atom stereocenters. The third-order valence-corrected chi connectivity index (χ3v) is 2.42. The van der Waals surface area contributed by atoms with E-state index in [1.54, 1.807) is 12.1 Å². The highest BCUT2D eigenvalue weighted by atomic mass is 35.5. The lowest BCUT2D eigenvalue weighted by Crippen LogP contribution is -2.07. The second-order valence-electron chi connectivity index (χ2n) is 3.84. The van der Waals surface area contributed by atoms with E-state index in [0.29, 0.717) is 43.4 Å². The zero-order valence-corrected chi connectivity index (χ0v) is 11.8. The van der Waals surface area contributed by atoms with Gasteiger partial charge in [-0.25, -0.2) is 4.39 Å². The molecule has 0 saturated heterocycles. The van der Waals surface area contributed by atoms with Gasteiger partial charge in [-0.2, -0.15) is 0 Å². The van der Waals surface area contributed by atoms with E-state index in [1.165, 1.54) is 6.07 Å². The van der Waals surface area contributed by atoms with Crippen molar-refractivity contribution in [1.82, 2.24) is 0 Å². The molecule has 4 heteroatoms. The Morgan fingerprint density at radius 1 is 1.26 bits per heavy atom. The van der Waals surface area contributed by atoms with Crippen molar-refractivity contribution >= 4 is 11.6 Å². The molecule has 0 aliphatic carbocycles. The van der Waals surface area contributed by atoms with Crippen LogP contribution in [0.25, 0.3) is 0 Å². The Morgan fingerprint density at radius 2 is 2.11 bits per heavy atom. The van der Waals surface area contributed by atoms with Gasteiger partial charge >= 0.3 is 0 Å². The summed E-state index contributed by atoms with van der Waals surface area (Å²) in [5, 5.41) is 0. The monoisotopic (exact) mass is 284 g/mol. The molecule has 0 heterocycles. The van der Waals surface area contributed by atoms with Crippen molar-refractivity contribution in [3.63, 3.8) is 0 Å². The zero-order valence-electron chi connectivity index (χ0n) is 11.0. The summed E-state index contributed by atoms with van der Waals surface area (Å²) >= 11 is 5.50. The van der Waals surface area contributed by atoms with Crippen molar-refractivity contribution in [3.05, 3.63) is 29.6 Å². The van der Waals surface area contributed by atoms with Gasteiger partial charge in [-0.15, -0.1) is 11.6 Å². The van der Waals surface area contributed by atoms with Gasteiger partial charge in [0.15, 0.2) is 0 Å². The summed E-state index contributed by atoms with van der Waals surface area (Å²) in [5.41, 5.74) is 0.361. The van der Waals surface area contributed by atoms with Gasteiger partial charge in [-0.05, 0) is 18.6 Å². The third-order valence-electron chi connectivity index (χ3n) is 2.23. The molecule has 2 nitrogen and oxygen atoms in total. The van der Waals surface area contributed by atoms with Crippen molar-refractivity contribution < 1.29 is 13.9 Å². The maximum Gasteiger partial charge on any atom is 0.142 e. The highest BCUT2D eigenvalue weighted by Gasteiger charge is 2.02. The number of alkyl halides is 1. The maximum atomic E-state index is 13.7. The molecular weight excluding hydrogens is 267 g/mol. The Hall–Kier alpha value is -1.24. The molecule has 0 saturated carbocycles. The lowest BCUT2D eigenvalue weighted by atomic mass is 10.2. The minimum absolute atomic E-state index is 0.361. The number of halogens is 2. The number of hydrogen-bond donors (Lipinski definition) is 0. The van der Waals surface area contributed by atoms with Crippen LogP contribution >= 0.6 is 11.6 Å². The van der Waals surface area contributed by atoms with E-state index in [9.17, 15) is 4.39 Å². The summed E-state index contributed by atoms with van der Waals surface area (Å²) in [4.78, 5) is 0. The van der Waals surface area contributed by atoms with Gasteiger partial charge in [-0.3, -0.25) is 0 Å². The molecule has 0 spiro atoms. The number of hydrogen-bond acceptors (Lipinski definition) is 2. The maximum absolute atomic E-state index is 13.7. The fourth-order valence-electron chi connectivity index (χ4n) is 1.36. The molecule has 1 rings (SSSR count). The van der Waals surface area contributed by atoms with E-state index in [0.717, 1.165) is 6.42 Å². The van der Waals surface area contributed by atoms with Crippen molar-refractivity contribution in [3.8, 4) is 17.6 Å². The van der Waals surface area contributed by atoms with Gasteiger partial charge in [0.2, 0.25) is 0 Å². The minimum atomic E-state index is -0.381. The Balaban J connectivity index is 2.46. The fourth-order valence-corrected chi connectivity index (χ4v) is 1.45. The lowest BCUT2D eigenvalue weighted by molar-refractivity contribution is 0.100. The second kappa shape index (κ2) is 9.66. The number of rotatable bonds is 7. The van der Waals surface area contributed by atoms with Crippen LogP contribution in [0.15, 0.2) is 18.2 Å². The van der Waals surface area contributed by atoms with Crippen molar-refractivity contribution in [2.45, 2.75) is 19.8 Å². The molecule has 1 aromatic rings. The van der Waals surface area contributed by atoms with Gasteiger partial charge in [0.05, 0.1) is 12.2 Å². The number of ether oxygens (including phenoxy) is 2. The van der Waals surface area contributed by atoms with Crippen LogP contribution in [0.4, 0.5) is 4.39 Å². The average molecular weight is 285 g/mol. The molecule has 0 bridgehead atoms. The van der Waals surface area contributed by atoms with Crippen LogP contribution < -0.4 is 4.74 Å². The Labute approximate surface area is 118 Å². The predicted molar refractivity (Wildman–Crippen MR) is 75.2 cm³/mol. The SMILES string of the molecule is CCCOCCOc1ccc(C#CCCCl)c(F)c1. The third kappa shape index (κ3) is 6.47. The van der Waals surface area contributed by atoms with Gasteiger partial charge in [0.25, 0.3) is 0 Å². The highest BCUT2D eigenvalue weighted by Crippen LogP contribution is 2.16. The highest BCUT2D eigenvalue weighted by molar-refractivity contribution is 6.18. The minimum Gasteiger partial charge on any atom is -0.491 e.